The van der Waals surface area contributed by atoms with Gasteiger partial charge in [0.25, 0.3) is 0 Å². The maximum Gasteiger partial charge on any atom is 0.312 e. The fraction of sp³-hybridized carbons (Fsp3) is 0.600. The zero-order chi connectivity index (χ0) is 39.2. The number of primary amides is 1. The van der Waals surface area contributed by atoms with Gasteiger partial charge in [0.2, 0.25) is 23.6 Å². The number of Topliss-reactive ketones (excluding diaryl/α,β-unsaturated/α-hetero) is 1. The number of amides is 6. The minimum Gasteiger partial charge on any atom is -0.481 e. The SMILES string of the molecule is CCC(=O)CCOCCC(=O)N[C@@H](CCC(=O)O)C(=O)N[C@H](C(=O)N[C@@H](CCCNC(N)=O)C(=O)Nc1ccc(COC(=O)C(C)C)cc1)C(C)C. The smallest absolute Gasteiger partial charge is 0.312 e. The summed E-state index contributed by atoms with van der Waals surface area (Å²) in [6, 6.07) is 2.17. The number of nitrogens with two attached hydrogens (primary N) is 1. The van der Waals surface area contributed by atoms with Gasteiger partial charge in [-0.05, 0) is 42.9 Å². The van der Waals surface area contributed by atoms with Crippen LogP contribution in [0.2, 0.25) is 0 Å². The lowest BCUT2D eigenvalue weighted by Gasteiger charge is -2.27. The molecule has 1 aromatic rings. The largest absolute Gasteiger partial charge is 0.481 e. The molecule has 0 aliphatic rings. The van der Waals surface area contributed by atoms with E-state index in [1.807, 2.05) is 0 Å². The molecule has 1 aromatic carbocycles. The number of carboxylic acids is 1. The number of carbonyl (C=O) groups excluding carboxylic acids is 7. The van der Waals surface area contributed by atoms with Crippen molar-refractivity contribution in [1.82, 2.24) is 21.3 Å². The zero-order valence-electron chi connectivity index (χ0n) is 30.6. The molecular formula is C35H54N6O11. The van der Waals surface area contributed by atoms with Crippen LogP contribution >= 0.6 is 0 Å². The van der Waals surface area contributed by atoms with Crippen molar-refractivity contribution in [3.8, 4) is 0 Å². The van der Waals surface area contributed by atoms with Crippen LogP contribution < -0.4 is 32.3 Å². The maximum absolute atomic E-state index is 13.6. The van der Waals surface area contributed by atoms with Gasteiger partial charge in [0.15, 0.2) is 0 Å². The van der Waals surface area contributed by atoms with Gasteiger partial charge in [0.1, 0.15) is 30.5 Å². The van der Waals surface area contributed by atoms with Crippen molar-refractivity contribution in [2.24, 2.45) is 17.6 Å². The van der Waals surface area contributed by atoms with E-state index in [4.69, 9.17) is 15.2 Å². The number of anilines is 1. The van der Waals surface area contributed by atoms with E-state index in [-0.39, 0.29) is 76.1 Å². The van der Waals surface area contributed by atoms with E-state index in [1.54, 1.807) is 58.9 Å². The zero-order valence-corrected chi connectivity index (χ0v) is 30.6. The van der Waals surface area contributed by atoms with Crippen LogP contribution in [0.25, 0.3) is 0 Å². The highest BCUT2D eigenvalue weighted by Crippen LogP contribution is 2.14. The highest BCUT2D eigenvalue weighted by molar-refractivity contribution is 5.99. The van der Waals surface area contributed by atoms with Crippen LogP contribution in [0.3, 0.4) is 0 Å². The normalized spacial score (nSPS) is 12.6. The van der Waals surface area contributed by atoms with Gasteiger partial charge in [-0.3, -0.25) is 33.6 Å². The number of benzene rings is 1. The number of aliphatic carboxylic acids is 1. The molecule has 17 nitrogen and oxygen atoms in total. The molecule has 3 atom stereocenters. The first-order valence-electron chi connectivity index (χ1n) is 17.3. The molecule has 0 aliphatic heterocycles. The van der Waals surface area contributed by atoms with E-state index in [1.165, 1.54) is 0 Å². The molecule has 0 radical (unpaired) electrons. The molecule has 0 aliphatic carbocycles. The van der Waals surface area contributed by atoms with E-state index in [9.17, 15) is 43.5 Å². The molecule has 8 N–H and O–H groups in total. The molecule has 0 spiro atoms. The van der Waals surface area contributed by atoms with Gasteiger partial charge in [0.05, 0.1) is 19.1 Å². The van der Waals surface area contributed by atoms with Crippen LogP contribution in [-0.2, 0) is 49.6 Å². The Morgan fingerprint density at radius 3 is 2.00 bits per heavy atom. The lowest BCUT2D eigenvalue weighted by molar-refractivity contribution is -0.148. The third-order valence-corrected chi connectivity index (χ3v) is 7.61. The first-order chi connectivity index (χ1) is 24.5. The summed E-state index contributed by atoms with van der Waals surface area (Å²) in [5.74, 6) is -5.02. The van der Waals surface area contributed by atoms with E-state index in [0.29, 0.717) is 17.7 Å². The molecule has 6 amide bonds. The molecule has 52 heavy (non-hydrogen) atoms. The summed E-state index contributed by atoms with van der Waals surface area (Å²) in [7, 11) is 0. The number of carbonyl (C=O) groups is 8. The summed E-state index contributed by atoms with van der Waals surface area (Å²) in [6.45, 7) is 8.76. The van der Waals surface area contributed by atoms with Gasteiger partial charge in [-0.2, -0.15) is 0 Å². The number of carboxylic acid groups (broad SMARTS) is 1. The van der Waals surface area contributed by atoms with Gasteiger partial charge in [-0.25, -0.2) is 4.79 Å². The summed E-state index contributed by atoms with van der Waals surface area (Å²) in [6.07, 6.45) is 0.0468. The van der Waals surface area contributed by atoms with E-state index >= 15 is 0 Å². The summed E-state index contributed by atoms with van der Waals surface area (Å²) in [5, 5.41) is 22.1. The maximum atomic E-state index is 13.6. The summed E-state index contributed by atoms with van der Waals surface area (Å²) >= 11 is 0. The fourth-order valence-electron chi connectivity index (χ4n) is 4.50. The number of ether oxygens (including phenoxy) is 2. The molecular weight excluding hydrogens is 680 g/mol. The standard InChI is InChI=1S/C35H54N6O11/c1-6-25(42)15-18-51-19-16-28(43)39-27(13-14-29(44)45)32(47)41-30(21(2)3)33(48)40-26(8-7-17-37-35(36)50)31(46)38-24-11-9-23(10-12-24)20-52-34(49)22(4)5/h9-12,21-22,26-27,30H,6-8,13-20H2,1-5H3,(H,38,46)(H,39,43)(H,40,48)(H,41,47)(H,44,45)(H3,36,37,50)/t26-,27-,30-/m0/s1. The second kappa shape index (κ2) is 24.2. The Labute approximate surface area is 303 Å². The number of hydrogen-bond acceptors (Lipinski definition) is 10. The van der Waals surface area contributed by atoms with Crippen molar-refractivity contribution in [3.63, 3.8) is 0 Å². The highest BCUT2D eigenvalue weighted by atomic mass is 16.5. The molecule has 0 aromatic heterocycles. The number of urea groups is 1. The molecule has 17 heteroatoms. The molecule has 0 heterocycles. The van der Waals surface area contributed by atoms with Crippen LogP contribution in [0, 0.1) is 11.8 Å². The Kier molecular flexibility index (Phi) is 20.9. The highest BCUT2D eigenvalue weighted by Gasteiger charge is 2.31. The van der Waals surface area contributed by atoms with Gasteiger partial charge in [-0.15, -0.1) is 0 Å². The first kappa shape index (κ1) is 45.0. The Hall–Kier alpha value is -5.06. The average Bonchev–Trinajstić information content (AvgIpc) is 3.08. The second-order valence-electron chi connectivity index (χ2n) is 12.7. The van der Waals surface area contributed by atoms with Crippen LogP contribution in [0.5, 0.6) is 0 Å². The van der Waals surface area contributed by atoms with Gasteiger partial charge in [-0.1, -0.05) is 46.8 Å². The number of ketones is 1. The van der Waals surface area contributed by atoms with Gasteiger partial charge < -0.3 is 46.9 Å². The number of nitrogens with one attached hydrogen (secondary N) is 5. The molecule has 290 valence electrons. The van der Waals surface area contributed by atoms with Crippen molar-refractivity contribution in [3.05, 3.63) is 29.8 Å². The number of esters is 1. The van der Waals surface area contributed by atoms with Crippen molar-refractivity contribution >= 4 is 53.1 Å². The van der Waals surface area contributed by atoms with Crippen LogP contribution in [0.15, 0.2) is 24.3 Å². The molecule has 0 saturated carbocycles. The Balaban J connectivity index is 3.02. The predicted molar refractivity (Wildman–Crippen MR) is 189 cm³/mol. The van der Waals surface area contributed by atoms with Gasteiger partial charge >= 0.3 is 18.0 Å². The summed E-state index contributed by atoms with van der Waals surface area (Å²) < 4.78 is 10.5. The molecule has 0 unspecified atom stereocenters. The molecule has 0 saturated heterocycles. The van der Waals surface area contributed by atoms with Crippen molar-refractivity contribution in [2.45, 2.75) is 104 Å². The van der Waals surface area contributed by atoms with Crippen molar-refractivity contribution < 1.29 is 52.9 Å². The lowest BCUT2D eigenvalue weighted by atomic mass is 10.0. The summed E-state index contributed by atoms with van der Waals surface area (Å²) in [4.78, 5) is 98.5. The lowest BCUT2D eigenvalue weighted by Crippen LogP contribution is -2.58. The number of rotatable bonds is 25. The second-order valence-corrected chi connectivity index (χ2v) is 12.7. The quantitative estimate of drug-likeness (QED) is 0.0560. The van der Waals surface area contributed by atoms with Crippen LogP contribution in [0.4, 0.5) is 10.5 Å². The molecule has 0 bridgehead atoms. The minimum atomic E-state index is -1.30. The van der Waals surface area contributed by atoms with Crippen LogP contribution in [-0.4, -0.2) is 90.4 Å². The van der Waals surface area contributed by atoms with Gasteiger partial charge in [0, 0.05) is 37.9 Å². The molecule has 1 rings (SSSR count). The monoisotopic (exact) mass is 734 g/mol. The molecule has 0 fully saturated rings. The third-order valence-electron chi connectivity index (χ3n) is 7.61. The third kappa shape index (κ3) is 18.8. The van der Waals surface area contributed by atoms with Crippen molar-refractivity contribution in [1.29, 1.82) is 0 Å². The van der Waals surface area contributed by atoms with Crippen LogP contribution in [0.1, 0.15) is 85.1 Å². The minimum absolute atomic E-state index is 0.0135. The van der Waals surface area contributed by atoms with Crippen molar-refractivity contribution in [2.75, 3.05) is 25.1 Å². The Bertz CT molecular complexity index is 1370. The van der Waals surface area contributed by atoms with E-state index in [0.717, 1.165) is 0 Å². The fourth-order valence-corrected chi connectivity index (χ4v) is 4.50. The topological polar surface area (TPSA) is 261 Å². The average molecular weight is 735 g/mol. The Morgan fingerprint density at radius 2 is 1.42 bits per heavy atom. The Morgan fingerprint density at radius 1 is 0.788 bits per heavy atom. The first-order valence-corrected chi connectivity index (χ1v) is 17.3. The van der Waals surface area contributed by atoms with E-state index in [2.05, 4.69) is 26.6 Å². The predicted octanol–water partition coefficient (Wildman–Crippen LogP) is 1.52. The number of hydrogen-bond donors (Lipinski definition) is 7. The van der Waals surface area contributed by atoms with E-state index < -0.39 is 66.1 Å². The summed E-state index contributed by atoms with van der Waals surface area (Å²) in [5.41, 5.74) is 6.22.